The van der Waals surface area contributed by atoms with Crippen LogP contribution >= 0.6 is 0 Å². The van der Waals surface area contributed by atoms with Gasteiger partial charge in [-0.2, -0.15) is 0 Å². The molecular formula is C21H19N3O6. The number of non-ortho nitro benzene ring substituents is 1. The van der Waals surface area contributed by atoms with Gasteiger partial charge in [-0.3, -0.25) is 29.4 Å². The molecule has 2 aliphatic rings. The van der Waals surface area contributed by atoms with E-state index < -0.39 is 22.8 Å². The third-order valence-corrected chi connectivity index (χ3v) is 5.24. The lowest BCUT2D eigenvalue weighted by Gasteiger charge is -2.36. The van der Waals surface area contributed by atoms with E-state index in [1.165, 1.54) is 23.1 Å². The Bertz CT molecular complexity index is 1050. The van der Waals surface area contributed by atoms with Crippen LogP contribution in [0.15, 0.2) is 42.5 Å². The fourth-order valence-electron chi connectivity index (χ4n) is 3.68. The maximum Gasteiger partial charge on any atom is 0.271 e. The molecular weight excluding hydrogens is 390 g/mol. The number of rotatable bonds is 5. The van der Waals surface area contributed by atoms with Gasteiger partial charge in [0.15, 0.2) is 6.10 Å². The van der Waals surface area contributed by atoms with E-state index >= 15 is 0 Å². The van der Waals surface area contributed by atoms with E-state index in [9.17, 15) is 24.5 Å². The first-order valence-electron chi connectivity index (χ1n) is 9.51. The second-order valence-electron chi connectivity index (χ2n) is 7.49. The number of carbonyl (C=O) groups excluding carboxylic acids is 3. The standard InChI is InChI=1S/C21H19N3O6/c1-12(2)18-21(27)22(16-11-13(24(28)29)7-8-17(16)30-18)9-10-23-19(25)14-5-3-4-6-15(14)20(23)26/h3-8,11-12,18H,9-10H2,1-2H3. The van der Waals surface area contributed by atoms with Gasteiger partial charge in [-0.1, -0.05) is 26.0 Å². The summed E-state index contributed by atoms with van der Waals surface area (Å²) in [6, 6.07) is 10.6. The topological polar surface area (TPSA) is 110 Å². The van der Waals surface area contributed by atoms with Crippen LogP contribution in [-0.4, -0.2) is 46.7 Å². The summed E-state index contributed by atoms with van der Waals surface area (Å²) in [6.07, 6.45) is -0.763. The van der Waals surface area contributed by atoms with Crippen molar-refractivity contribution in [2.75, 3.05) is 18.0 Å². The summed E-state index contributed by atoms with van der Waals surface area (Å²) in [7, 11) is 0. The van der Waals surface area contributed by atoms with Crippen molar-refractivity contribution in [3.8, 4) is 5.75 Å². The van der Waals surface area contributed by atoms with Gasteiger partial charge in [0.25, 0.3) is 23.4 Å². The van der Waals surface area contributed by atoms with E-state index in [4.69, 9.17) is 4.74 Å². The lowest BCUT2D eigenvalue weighted by Crippen LogP contribution is -2.51. The maximum atomic E-state index is 13.0. The molecule has 1 atom stereocenters. The average Bonchev–Trinajstić information content (AvgIpc) is 2.97. The van der Waals surface area contributed by atoms with Crippen molar-refractivity contribution in [2.45, 2.75) is 20.0 Å². The van der Waals surface area contributed by atoms with Crippen molar-refractivity contribution in [3.05, 3.63) is 63.7 Å². The minimum absolute atomic E-state index is 0.00501. The number of benzene rings is 2. The van der Waals surface area contributed by atoms with Crippen molar-refractivity contribution < 1.29 is 24.0 Å². The van der Waals surface area contributed by atoms with Crippen LogP contribution in [0.1, 0.15) is 34.6 Å². The molecule has 0 bridgehead atoms. The molecule has 0 radical (unpaired) electrons. The maximum absolute atomic E-state index is 13.0. The Morgan fingerprint density at radius 1 is 1.00 bits per heavy atom. The smallest absolute Gasteiger partial charge is 0.271 e. The van der Waals surface area contributed by atoms with Crippen molar-refractivity contribution in [2.24, 2.45) is 5.92 Å². The molecule has 3 amide bonds. The highest BCUT2D eigenvalue weighted by Gasteiger charge is 2.39. The fourth-order valence-corrected chi connectivity index (χ4v) is 3.68. The first-order valence-corrected chi connectivity index (χ1v) is 9.51. The van der Waals surface area contributed by atoms with Crippen LogP contribution in [0.3, 0.4) is 0 Å². The lowest BCUT2D eigenvalue weighted by molar-refractivity contribution is -0.384. The number of amides is 3. The molecule has 2 heterocycles. The molecule has 2 aliphatic heterocycles. The second-order valence-corrected chi connectivity index (χ2v) is 7.49. The van der Waals surface area contributed by atoms with Crippen molar-refractivity contribution >= 4 is 29.1 Å². The number of carbonyl (C=O) groups is 3. The van der Waals surface area contributed by atoms with Gasteiger partial charge >= 0.3 is 0 Å². The molecule has 0 fully saturated rings. The highest BCUT2D eigenvalue weighted by atomic mass is 16.6. The van der Waals surface area contributed by atoms with Crippen LogP contribution in [0, 0.1) is 16.0 Å². The summed E-state index contributed by atoms with van der Waals surface area (Å²) >= 11 is 0. The predicted molar refractivity (Wildman–Crippen MR) is 107 cm³/mol. The third kappa shape index (κ3) is 3.08. The molecule has 4 rings (SSSR count). The quantitative estimate of drug-likeness (QED) is 0.427. The minimum Gasteiger partial charge on any atom is -0.478 e. The van der Waals surface area contributed by atoms with Gasteiger partial charge in [0.05, 0.1) is 21.7 Å². The first kappa shape index (κ1) is 19.6. The molecule has 154 valence electrons. The number of nitro benzene ring substituents is 1. The molecule has 9 heteroatoms. The minimum atomic E-state index is -0.763. The third-order valence-electron chi connectivity index (χ3n) is 5.24. The molecule has 9 nitrogen and oxygen atoms in total. The van der Waals surface area contributed by atoms with E-state index in [-0.39, 0.29) is 36.3 Å². The molecule has 2 aromatic carbocycles. The molecule has 0 aliphatic carbocycles. The van der Waals surface area contributed by atoms with Gasteiger partial charge < -0.3 is 9.64 Å². The van der Waals surface area contributed by atoms with Crippen molar-refractivity contribution in [1.29, 1.82) is 0 Å². The van der Waals surface area contributed by atoms with Crippen LogP contribution in [0.5, 0.6) is 5.75 Å². The van der Waals surface area contributed by atoms with E-state index in [0.29, 0.717) is 16.9 Å². The molecule has 0 saturated heterocycles. The van der Waals surface area contributed by atoms with E-state index in [0.717, 1.165) is 4.90 Å². The second kappa shape index (κ2) is 7.25. The summed E-state index contributed by atoms with van der Waals surface area (Å²) in [4.78, 5) is 51.4. The van der Waals surface area contributed by atoms with Crippen LogP contribution in [-0.2, 0) is 4.79 Å². The van der Waals surface area contributed by atoms with Gasteiger partial charge in [-0.25, -0.2) is 0 Å². The summed E-state index contributed by atoms with van der Waals surface area (Å²) in [6.45, 7) is 3.64. The summed E-state index contributed by atoms with van der Waals surface area (Å²) in [5, 5.41) is 11.2. The monoisotopic (exact) mass is 409 g/mol. The lowest BCUT2D eigenvalue weighted by atomic mass is 10.0. The van der Waals surface area contributed by atoms with Crippen LogP contribution in [0.2, 0.25) is 0 Å². The number of hydrogen-bond donors (Lipinski definition) is 0. The number of imide groups is 1. The Kier molecular flexibility index (Phi) is 4.73. The Labute approximate surface area is 172 Å². The van der Waals surface area contributed by atoms with Crippen LogP contribution < -0.4 is 9.64 Å². The first-order chi connectivity index (χ1) is 14.3. The number of fused-ring (bicyclic) bond motifs is 2. The zero-order valence-corrected chi connectivity index (χ0v) is 16.4. The molecule has 30 heavy (non-hydrogen) atoms. The van der Waals surface area contributed by atoms with E-state index in [2.05, 4.69) is 0 Å². The highest BCUT2D eigenvalue weighted by molar-refractivity contribution is 6.21. The molecule has 0 N–H and O–H groups in total. The van der Waals surface area contributed by atoms with Gasteiger partial charge in [-0.15, -0.1) is 0 Å². The zero-order valence-electron chi connectivity index (χ0n) is 16.4. The summed E-state index contributed by atoms with van der Waals surface area (Å²) < 4.78 is 5.77. The van der Waals surface area contributed by atoms with Crippen molar-refractivity contribution in [3.63, 3.8) is 0 Å². The van der Waals surface area contributed by atoms with Gasteiger partial charge in [0.2, 0.25) is 0 Å². The number of anilines is 1. The number of hydrogen-bond acceptors (Lipinski definition) is 6. The predicted octanol–water partition coefficient (Wildman–Crippen LogP) is 2.64. The SMILES string of the molecule is CC(C)C1Oc2ccc([N+](=O)[O-])cc2N(CCN2C(=O)c3ccccc3C2=O)C1=O. The fraction of sp³-hybridized carbons (Fsp3) is 0.286. The zero-order chi connectivity index (χ0) is 21.6. The van der Waals surface area contributed by atoms with Crippen molar-refractivity contribution in [1.82, 2.24) is 4.90 Å². The van der Waals surface area contributed by atoms with E-state index in [1.54, 1.807) is 24.3 Å². The summed E-state index contributed by atoms with van der Waals surface area (Å²) in [5.74, 6) is -0.995. The Hall–Kier alpha value is -3.75. The van der Waals surface area contributed by atoms with Gasteiger partial charge in [-0.05, 0) is 24.1 Å². The molecule has 1 unspecified atom stereocenters. The summed E-state index contributed by atoms with van der Waals surface area (Å²) in [5.41, 5.74) is 0.723. The normalized spacial score (nSPS) is 17.8. The number of nitro groups is 1. The molecule has 0 spiro atoms. The molecule has 0 saturated carbocycles. The highest BCUT2D eigenvalue weighted by Crippen LogP contribution is 2.38. The Morgan fingerprint density at radius 2 is 1.60 bits per heavy atom. The van der Waals surface area contributed by atoms with Gasteiger partial charge in [0, 0.05) is 25.2 Å². The largest absolute Gasteiger partial charge is 0.478 e. The average molecular weight is 409 g/mol. The number of nitrogens with zero attached hydrogens (tertiary/aromatic N) is 3. The number of ether oxygens (including phenoxy) is 1. The molecule has 2 aromatic rings. The molecule has 0 aromatic heterocycles. The van der Waals surface area contributed by atoms with E-state index in [1.807, 2.05) is 13.8 Å². The van der Waals surface area contributed by atoms with Crippen LogP contribution in [0.4, 0.5) is 11.4 Å². The van der Waals surface area contributed by atoms with Gasteiger partial charge in [0.1, 0.15) is 5.75 Å². The Balaban J connectivity index is 1.64. The van der Waals surface area contributed by atoms with Crippen LogP contribution in [0.25, 0.3) is 0 Å². The Morgan fingerprint density at radius 3 is 2.17 bits per heavy atom.